The Morgan fingerprint density at radius 3 is 2.67 bits per heavy atom. The fourth-order valence-electron chi connectivity index (χ4n) is 4.26. The van der Waals surface area contributed by atoms with E-state index in [9.17, 15) is 9.90 Å². The number of H-pyrrole nitrogens is 1. The highest BCUT2D eigenvalue weighted by Crippen LogP contribution is 2.41. The smallest absolute Gasteiger partial charge is 0.335 e. The molecule has 0 saturated heterocycles. The van der Waals surface area contributed by atoms with E-state index >= 15 is 0 Å². The first kappa shape index (κ1) is 19.0. The molecule has 0 bridgehead atoms. The highest BCUT2D eigenvalue weighted by molar-refractivity contribution is 5.88. The third-order valence-corrected chi connectivity index (χ3v) is 6.26. The SMILES string of the molecule is COC1(C(=O)O)CCC(c2nc(Nc3cc(C)[nH]n3)c3cnn(C4CC4)c3n2)CC1. The Balaban J connectivity index is 1.50. The van der Waals surface area contributed by atoms with Crippen molar-refractivity contribution >= 4 is 28.6 Å². The Morgan fingerprint density at radius 2 is 2.07 bits per heavy atom. The number of rotatable bonds is 6. The number of hydrogen-bond donors (Lipinski definition) is 3. The van der Waals surface area contributed by atoms with Gasteiger partial charge < -0.3 is 15.2 Å². The van der Waals surface area contributed by atoms with Gasteiger partial charge in [-0.1, -0.05) is 0 Å². The molecule has 2 fully saturated rings. The fourth-order valence-corrected chi connectivity index (χ4v) is 4.26. The van der Waals surface area contributed by atoms with Crippen molar-refractivity contribution < 1.29 is 14.6 Å². The standard InChI is InChI=1S/C20H25N7O3/c1-11-9-15(26-25-11)22-17-14-10-21-27(13-3-4-13)18(14)24-16(23-17)12-5-7-20(30-2,8-6-12)19(28)29/h9-10,12-13H,3-8H2,1-2H3,(H,28,29)(H2,22,23,24,25,26). The first-order chi connectivity index (χ1) is 14.5. The van der Waals surface area contributed by atoms with Gasteiger partial charge in [0.2, 0.25) is 0 Å². The lowest BCUT2D eigenvalue weighted by Gasteiger charge is -2.35. The number of nitrogens with zero attached hydrogens (tertiary/aromatic N) is 5. The van der Waals surface area contributed by atoms with Gasteiger partial charge in [-0.2, -0.15) is 10.2 Å². The molecule has 2 aliphatic carbocycles. The predicted molar refractivity (Wildman–Crippen MR) is 109 cm³/mol. The van der Waals surface area contributed by atoms with Crippen molar-refractivity contribution in [2.75, 3.05) is 12.4 Å². The maximum Gasteiger partial charge on any atom is 0.335 e. The van der Waals surface area contributed by atoms with Gasteiger partial charge in [0.25, 0.3) is 0 Å². The molecule has 0 atom stereocenters. The Kier molecular flexibility index (Phi) is 4.46. The number of aromatic amines is 1. The predicted octanol–water partition coefficient (Wildman–Crippen LogP) is 3.06. The van der Waals surface area contributed by atoms with Gasteiger partial charge in [-0.25, -0.2) is 19.4 Å². The van der Waals surface area contributed by atoms with Crippen LogP contribution in [0.5, 0.6) is 0 Å². The summed E-state index contributed by atoms with van der Waals surface area (Å²) in [4.78, 5) is 21.4. The van der Waals surface area contributed by atoms with E-state index in [-0.39, 0.29) is 5.92 Å². The van der Waals surface area contributed by atoms with Gasteiger partial charge in [-0.15, -0.1) is 0 Å². The maximum absolute atomic E-state index is 11.7. The third-order valence-electron chi connectivity index (χ3n) is 6.26. The van der Waals surface area contributed by atoms with Crippen LogP contribution in [0.1, 0.15) is 62.0 Å². The number of carboxylic acid groups (broad SMARTS) is 1. The molecule has 0 radical (unpaired) electrons. The molecule has 10 heteroatoms. The second-order valence-corrected chi connectivity index (χ2v) is 8.33. The van der Waals surface area contributed by atoms with Crippen molar-refractivity contribution in [3.05, 3.63) is 23.8 Å². The minimum absolute atomic E-state index is 0.0704. The molecule has 0 aliphatic heterocycles. The highest BCUT2D eigenvalue weighted by Gasteiger charge is 2.43. The van der Waals surface area contributed by atoms with E-state index in [1.807, 2.05) is 17.7 Å². The number of nitrogens with one attached hydrogen (secondary N) is 2. The summed E-state index contributed by atoms with van der Waals surface area (Å²) in [7, 11) is 1.47. The summed E-state index contributed by atoms with van der Waals surface area (Å²) >= 11 is 0. The average molecular weight is 411 g/mol. The number of carbonyl (C=O) groups is 1. The van der Waals surface area contributed by atoms with Crippen molar-refractivity contribution in [1.82, 2.24) is 29.9 Å². The van der Waals surface area contributed by atoms with Gasteiger partial charge in [0.1, 0.15) is 11.6 Å². The summed E-state index contributed by atoms with van der Waals surface area (Å²) in [5.74, 6) is 1.25. The van der Waals surface area contributed by atoms with Crippen LogP contribution in [0.4, 0.5) is 11.6 Å². The van der Waals surface area contributed by atoms with Crippen LogP contribution in [-0.2, 0) is 9.53 Å². The van der Waals surface area contributed by atoms with Crippen molar-refractivity contribution in [1.29, 1.82) is 0 Å². The maximum atomic E-state index is 11.7. The second kappa shape index (κ2) is 7.05. The Labute approximate surface area is 173 Å². The van der Waals surface area contributed by atoms with Crippen LogP contribution in [0.2, 0.25) is 0 Å². The number of ether oxygens (including phenoxy) is 1. The zero-order chi connectivity index (χ0) is 20.9. The van der Waals surface area contributed by atoms with E-state index in [1.165, 1.54) is 7.11 Å². The number of aliphatic carboxylic acids is 1. The third kappa shape index (κ3) is 3.20. The number of methoxy groups -OCH3 is 1. The molecular formula is C20H25N7O3. The van der Waals surface area contributed by atoms with Crippen LogP contribution < -0.4 is 5.32 Å². The lowest BCUT2D eigenvalue weighted by molar-refractivity contribution is -0.166. The van der Waals surface area contributed by atoms with E-state index in [1.54, 1.807) is 6.20 Å². The van der Waals surface area contributed by atoms with Gasteiger partial charge in [-0.3, -0.25) is 5.10 Å². The molecule has 0 amide bonds. The van der Waals surface area contributed by atoms with Gasteiger partial charge in [0.15, 0.2) is 17.1 Å². The number of hydrogen-bond acceptors (Lipinski definition) is 7. The number of aromatic nitrogens is 6. The van der Waals surface area contributed by atoms with E-state index in [4.69, 9.17) is 14.7 Å². The van der Waals surface area contributed by atoms with Crippen LogP contribution in [0.25, 0.3) is 11.0 Å². The summed E-state index contributed by atoms with van der Waals surface area (Å²) in [6.07, 6.45) is 6.21. The minimum Gasteiger partial charge on any atom is -0.479 e. The molecule has 30 heavy (non-hydrogen) atoms. The molecule has 3 aromatic heterocycles. The quantitative estimate of drug-likeness (QED) is 0.564. The monoisotopic (exact) mass is 411 g/mol. The van der Waals surface area contributed by atoms with Crippen LogP contribution >= 0.6 is 0 Å². The second-order valence-electron chi connectivity index (χ2n) is 8.33. The summed E-state index contributed by atoms with van der Waals surface area (Å²) in [5.41, 5.74) is 0.664. The summed E-state index contributed by atoms with van der Waals surface area (Å²) in [5, 5.41) is 25.5. The molecule has 0 aromatic carbocycles. The Morgan fingerprint density at radius 1 is 1.30 bits per heavy atom. The van der Waals surface area contributed by atoms with Gasteiger partial charge >= 0.3 is 5.97 Å². The molecule has 0 unspecified atom stereocenters. The van der Waals surface area contributed by atoms with Gasteiger partial charge in [0.05, 0.1) is 17.6 Å². The molecular weight excluding hydrogens is 386 g/mol. The lowest BCUT2D eigenvalue weighted by atomic mass is 9.78. The molecule has 0 spiro atoms. The topological polar surface area (TPSA) is 131 Å². The Bertz CT molecular complexity index is 1090. The van der Waals surface area contributed by atoms with Crippen LogP contribution in [0.15, 0.2) is 12.3 Å². The lowest BCUT2D eigenvalue weighted by Crippen LogP contribution is -2.43. The van der Waals surface area contributed by atoms with E-state index in [0.29, 0.717) is 43.4 Å². The zero-order valence-electron chi connectivity index (χ0n) is 17.1. The number of anilines is 2. The summed E-state index contributed by atoms with van der Waals surface area (Å²) in [6.45, 7) is 1.94. The van der Waals surface area contributed by atoms with Crippen molar-refractivity contribution in [3.8, 4) is 0 Å². The number of carboxylic acids is 1. The van der Waals surface area contributed by atoms with Gasteiger partial charge in [-0.05, 0) is 45.4 Å². The summed E-state index contributed by atoms with van der Waals surface area (Å²) in [6, 6.07) is 2.31. The molecule has 158 valence electrons. The zero-order valence-corrected chi connectivity index (χ0v) is 17.1. The van der Waals surface area contributed by atoms with Crippen molar-refractivity contribution in [3.63, 3.8) is 0 Å². The molecule has 3 heterocycles. The molecule has 3 N–H and O–H groups in total. The highest BCUT2D eigenvalue weighted by atomic mass is 16.5. The largest absolute Gasteiger partial charge is 0.479 e. The van der Waals surface area contributed by atoms with Gasteiger partial charge in [0, 0.05) is 24.8 Å². The normalized spacial score (nSPS) is 24.3. The first-order valence-corrected chi connectivity index (χ1v) is 10.3. The Hall–Kier alpha value is -3.01. The van der Waals surface area contributed by atoms with Crippen LogP contribution in [0, 0.1) is 6.92 Å². The number of aryl methyl sites for hydroxylation is 1. The van der Waals surface area contributed by atoms with E-state index in [2.05, 4.69) is 20.6 Å². The number of fused-ring (bicyclic) bond motifs is 1. The molecule has 2 aliphatic rings. The molecule has 5 rings (SSSR count). The summed E-state index contributed by atoms with van der Waals surface area (Å²) < 4.78 is 7.35. The van der Waals surface area contributed by atoms with Crippen molar-refractivity contribution in [2.24, 2.45) is 0 Å². The molecule has 3 aromatic rings. The van der Waals surface area contributed by atoms with Crippen LogP contribution in [-0.4, -0.2) is 53.7 Å². The van der Waals surface area contributed by atoms with Crippen molar-refractivity contribution in [2.45, 2.75) is 63.0 Å². The molecule has 10 nitrogen and oxygen atoms in total. The average Bonchev–Trinajstić information content (AvgIpc) is 3.37. The van der Waals surface area contributed by atoms with E-state index < -0.39 is 11.6 Å². The van der Waals surface area contributed by atoms with Crippen LogP contribution in [0.3, 0.4) is 0 Å². The first-order valence-electron chi connectivity index (χ1n) is 10.3. The molecule has 2 saturated carbocycles. The fraction of sp³-hybridized carbons (Fsp3) is 0.550. The minimum atomic E-state index is -1.11. The van der Waals surface area contributed by atoms with E-state index in [0.717, 1.165) is 35.4 Å².